The highest BCUT2D eigenvalue weighted by Gasteiger charge is 2.30. The molecule has 2 aliphatic rings. The zero-order valence-corrected chi connectivity index (χ0v) is 12.1. The van der Waals surface area contributed by atoms with Gasteiger partial charge in [0.1, 0.15) is 0 Å². The molecule has 2 heterocycles. The van der Waals surface area contributed by atoms with Gasteiger partial charge in [0.2, 0.25) is 5.96 Å². The number of methoxy groups -OCH3 is 1. The summed E-state index contributed by atoms with van der Waals surface area (Å²) in [6.07, 6.45) is 3.90. The Bertz CT molecular complexity index is 303. The number of nitrogens with zero attached hydrogens (tertiary/aromatic N) is 3. The fourth-order valence-corrected chi connectivity index (χ4v) is 3.04. The molecule has 0 aliphatic carbocycles. The van der Waals surface area contributed by atoms with E-state index in [9.17, 15) is 0 Å². The highest BCUT2D eigenvalue weighted by atomic mass is 16.5. The van der Waals surface area contributed by atoms with Gasteiger partial charge >= 0.3 is 0 Å². The van der Waals surface area contributed by atoms with Crippen molar-refractivity contribution in [2.24, 2.45) is 10.8 Å². The van der Waals surface area contributed by atoms with E-state index in [-0.39, 0.29) is 6.04 Å². The monoisotopic (exact) mass is 269 g/mol. The molecule has 6 heteroatoms. The van der Waals surface area contributed by atoms with Crippen molar-refractivity contribution in [1.29, 1.82) is 0 Å². The smallest absolute Gasteiger partial charge is 0.208 e. The molecule has 2 rings (SSSR count). The Balaban J connectivity index is 1.89. The van der Waals surface area contributed by atoms with Gasteiger partial charge in [0.25, 0.3) is 0 Å². The molecule has 0 saturated carbocycles. The third kappa shape index (κ3) is 3.81. The van der Waals surface area contributed by atoms with E-state index in [1.807, 2.05) is 6.92 Å². The molecule has 2 saturated heterocycles. The van der Waals surface area contributed by atoms with Gasteiger partial charge in [-0.25, -0.2) is 10.8 Å². The number of nitrogens with one attached hydrogen (secondary N) is 1. The molecule has 0 radical (unpaired) electrons. The summed E-state index contributed by atoms with van der Waals surface area (Å²) in [5.41, 5.74) is 2.75. The summed E-state index contributed by atoms with van der Waals surface area (Å²) in [4.78, 5) is 9.45. The van der Waals surface area contributed by atoms with Crippen molar-refractivity contribution in [3.63, 3.8) is 0 Å². The van der Waals surface area contributed by atoms with Crippen LogP contribution >= 0.6 is 0 Å². The van der Waals surface area contributed by atoms with Gasteiger partial charge < -0.3 is 9.64 Å². The van der Waals surface area contributed by atoms with Gasteiger partial charge in [-0.3, -0.25) is 10.3 Å². The van der Waals surface area contributed by atoms with E-state index in [1.54, 1.807) is 7.11 Å². The van der Waals surface area contributed by atoms with Crippen molar-refractivity contribution >= 4 is 5.96 Å². The average Bonchev–Trinajstić information content (AvgIpc) is 3.06. The number of ether oxygens (including phenoxy) is 1. The first kappa shape index (κ1) is 14.6. The summed E-state index contributed by atoms with van der Waals surface area (Å²) in [5, 5.41) is 0. The van der Waals surface area contributed by atoms with E-state index in [0.29, 0.717) is 12.6 Å². The minimum atomic E-state index is 0.127. The molecule has 0 spiro atoms. The minimum Gasteiger partial charge on any atom is -0.382 e. The first-order valence-corrected chi connectivity index (χ1v) is 7.27. The zero-order chi connectivity index (χ0) is 13.7. The van der Waals surface area contributed by atoms with Crippen molar-refractivity contribution in [2.75, 3.05) is 39.9 Å². The maximum absolute atomic E-state index is 5.62. The maximum Gasteiger partial charge on any atom is 0.208 e. The van der Waals surface area contributed by atoms with E-state index in [0.717, 1.165) is 19.0 Å². The van der Waals surface area contributed by atoms with E-state index in [2.05, 4.69) is 20.2 Å². The number of guanidine groups is 1. The van der Waals surface area contributed by atoms with Crippen molar-refractivity contribution in [1.82, 2.24) is 15.2 Å². The number of likely N-dealkylation sites (tertiary alicyclic amines) is 2. The van der Waals surface area contributed by atoms with Crippen molar-refractivity contribution in [3.05, 3.63) is 0 Å². The Labute approximate surface area is 115 Å². The van der Waals surface area contributed by atoms with Crippen molar-refractivity contribution in [2.45, 2.75) is 38.3 Å². The first-order valence-electron chi connectivity index (χ1n) is 7.27. The Kier molecular flexibility index (Phi) is 5.42. The molecule has 110 valence electrons. The molecule has 3 N–H and O–H groups in total. The Morgan fingerprint density at radius 3 is 2.79 bits per heavy atom. The predicted octanol–water partition coefficient (Wildman–Crippen LogP) is 0.0107. The van der Waals surface area contributed by atoms with Gasteiger partial charge in [-0.1, -0.05) is 0 Å². The number of aliphatic imine (C=N–C) groups is 1. The highest BCUT2D eigenvalue weighted by molar-refractivity contribution is 5.79. The van der Waals surface area contributed by atoms with Crippen LogP contribution in [0.25, 0.3) is 0 Å². The molecule has 6 nitrogen and oxygen atoms in total. The quantitative estimate of drug-likeness (QED) is 0.326. The van der Waals surface area contributed by atoms with Crippen molar-refractivity contribution < 1.29 is 4.74 Å². The maximum atomic E-state index is 5.62. The molecule has 2 atom stereocenters. The second-order valence-electron chi connectivity index (χ2n) is 5.53. The molecule has 2 fully saturated rings. The molecule has 2 aliphatic heterocycles. The highest BCUT2D eigenvalue weighted by Crippen LogP contribution is 2.20. The fourth-order valence-electron chi connectivity index (χ4n) is 3.04. The third-order valence-corrected chi connectivity index (χ3v) is 4.00. The number of hydrazine groups is 1. The van der Waals surface area contributed by atoms with Crippen LogP contribution in [0.15, 0.2) is 4.99 Å². The van der Waals surface area contributed by atoms with Crippen LogP contribution in [0.5, 0.6) is 0 Å². The van der Waals surface area contributed by atoms with E-state index >= 15 is 0 Å². The van der Waals surface area contributed by atoms with Gasteiger partial charge in [-0.2, -0.15) is 0 Å². The van der Waals surface area contributed by atoms with Crippen LogP contribution in [0, 0.1) is 0 Å². The summed E-state index contributed by atoms with van der Waals surface area (Å²) < 4.78 is 5.11. The van der Waals surface area contributed by atoms with Gasteiger partial charge in [0.05, 0.1) is 12.6 Å². The van der Waals surface area contributed by atoms with Crippen LogP contribution in [0.3, 0.4) is 0 Å². The summed E-state index contributed by atoms with van der Waals surface area (Å²) in [7, 11) is 1.70. The first-order chi connectivity index (χ1) is 9.24. The fraction of sp³-hybridized carbons (Fsp3) is 0.923. The van der Waals surface area contributed by atoms with Crippen LogP contribution in [0.4, 0.5) is 0 Å². The summed E-state index contributed by atoms with van der Waals surface area (Å²) in [5.74, 6) is 6.42. The Morgan fingerprint density at radius 1 is 1.42 bits per heavy atom. The van der Waals surface area contributed by atoms with Gasteiger partial charge in [0, 0.05) is 26.2 Å². The van der Waals surface area contributed by atoms with Crippen LogP contribution in [-0.4, -0.2) is 67.7 Å². The molecule has 0 bridgehead atoms. The van der Waals surface area contributed by atoms with Crippen LogP contribution in [-0.2, 0) is 4.74 Å². The molecular weight excluding hydrogens is 242 g/mol. The zero-order valence-electron chi connectivity index (χ0n) is 12.1. The summed E-state index contributed by atoms with van der Waals surface area (Å²) in [6.45, 7) is 7.22. The van der Waals surface area contributed by atoms with Crippen molar-refractivity contribution in [3.8, 4) is 0 Å². The van der Waals surface area contributed by atoms with Gasteiger partial charge in [-0.05, 0) is 39.3 Å². The molecule has 19 heavy (non-hydrogen) atoms. The SMILES string of the molecule is COCC(C)N=C(NN)N1CCC(N2CCCC2)C1. The number of nitrogens with two attached hydrogens (primary N) is 1. The molecule has 0 aromatic rings. The Hall–Kier alpha value is -0.850. The molecule has 0 aromatic heterocycles. The second-order valence-corrected chi connectivity index (χ2v) is 5.53. The Morgan fingerprint density at radius 2 is 2.16 bits per heavy atom. The lowest BCUT2D eigenvalue weighted by Crippen LogP contribution is -2.46. The standard InChI is InChI=1S/C13H27N5O/c1-11(10-19-2)15-13(16-14)18-8-5-12(9-18)17-6-3-4-7-17/h11-12H,3-10,14H2,1-2H3,(H,15,16). The van der Waals surface area contributed by atoms with Crippen LogP contribution in [0.2, 0.25) is 0 Å². The molecule has 2 unspecified atom stereocenters. The molecular formula is C13H27N5O. The topological polar surface area (TPSA) is 66.1 Å². The normalized spacial score (nSPS) is 27.0. The van der Waals surface area contributed by atoms with Crippen LogP contribution < -0.4 is 11.3 Å². The number of hydrogen-bond acceptors (Lipinski definition) is 4. The minimum absolute atomic E-state index is 0.127. The van der Waals surface area contributed by atoms with E-state index in [1.165, 1.54) is 32.4 Å². The summed E-state index contributed by atoms with van der Waals surface area (Å²) >= 11 is 0. The van der Waals surface area contributed by atoms with E-state index in [4.69, 9.17) is 10.6 Å². The van der Waals surface area contributed by atoms with Gasteiger partial charge in [0.15, 0.2) is 0 Å². The second kappa shape index (κ2) is 7.07. The number of rotatable bonds is 4. The molecule has 0 amide bonds. The summed E-state index contributed by atoms with van der Waals surface area (Å²) in [6, 6.07) is 0.792. The number of hydrogen-bond donors (Lipinski definition) is 2. The predicted molar refractivity (Wildman–Crippen MR) is 76.9 cm³/mol. The lowest BCUT2D eigenvalue weighted by molar-refractivity contribution is 0.185. The van der Waals surface area contributed by atoms with Gasteiger partial charge in [-0.15, -0.1) is 0 Å². The third-order valence-electron chi connectivity index (χ3n) is 4.00. The van der Waals surface area contributed by atoms with Crippen LogP contribution in [0.1, 0.15) is 26.2 Å². The lowest BCUT2D eigenvalue weighted by atomic mass is 10.2. The molecule has 0 aromatic carbocycles. The largest absolute Gasteiger partial charge is 0.382 e. The van der Waals surface area contributed by atoms with E-state index < -0.39 is 0 Å². The average molecular weight is 269 g/mol. The lowest BCUT2D eigenvalue weighted by Gasteiger charge is -2.25.